The van der Waals surface area contributed by atoms with Crippen LogP contribution in [0.3, 0.4) is 0 Å². The third-order valence-electron chi connectivity index (χ3n) is 5.63. The molecule has 0 saturated heterocycles. The SMILES string of the molecule is CCCOS(=O)[O-].ON=C(CC(F)c1ccc2ccccc2c1)CC(F)c1ccc2ccccc2c1. The second kappa shape index (κ2) is 13.8. The Hall–Kier alpha value is -3.20. The van der Waals surface area contributed by atoms with Gasteiger partial charge in [0.05, 0.1) is 23.7 Å². The fourth-order valence-corrected chi connectivity index (χ4v) is 4.07. The summed E-state index contributed by atoms with van der Waals surface area (Å²) in [6, 6.07) is 26.2. The molecule has 8 heteroatoms. The zero-order chi connectivity index (χ0) is 25.9. The van der Waals surface area contributed by atoms with E-state index in [1.807, 2.05) is 67.6 Å². The predicted octanol–water partition coefficient (Wildman–Crippen LogP) is 7.53. The summed E-state index contributed by atoms with van der Waals surface area (Å²) >= 11 is -2.32. The van der Waals surface area contributed by atoms with E-state index in [0.29, 0.717) is 11.1 Å². The fourth-order valence-electron chi connectivity index (χ4n) is 3.77. The van der Waals surface area contributed by atoms with Crippen molar-refractivity contribution < 1.29 is 26.9 Å². The number of halogens is 2. The normalized spacial score (nSPS) is 13.4. The van der Waals surface area contributed by atoms with Crippen LogP contribution in [0.5, 0.6) is 0 Å². The van der Waals surface area contributed by atoms with Crippen LogP contribution in [-0.2, 0) is 15.5 Å². The van der Waals surface area contributed by atoms with E-state index in [4.69, 9.17) is 0 Å². The van der Waals surface area contributed by atoms with Gasteiger partial charge in [-0.25, -0.2) is 13.0 Å². The third kappa shape index (κ3) is 7.91. The van der Waals surface area contributed by atoms with Crippen molar-refractivity contribution in [1.29, 1.82) is 0 Å². The van der Waals surface area contributed by atoms with E-state index in [1.165, 1.54) is 0 Å². The van der Waals surface area contributed by atoms with Gasteiger partial charge in [-0.3, -0.25) is 0 Å². The van der Waals surface area contributed by atoms with E-state index in [-0.39, 0.29) is 25.2 Å². The Kier molecular flexibility index (Phi) is 10.5. The number of hydrogen-bond acceptors (Lipinski definition) is 5. The lowest BCUT2D eigenvalue weighted by molar-refractivity contribution is 0.296. The first-order chi connectivity index (χ1) is 17.4. The highest BCUT2D eigenvalue weighted by Crippen LogP contribution is 2.30. The Morgan fingerprint density at radius 2 is 1.31 bits per heavy atom. The Labute approximate surface area is 211 Å². The Morgan fingerprint density at radius 1 is 0.861 bits per heavy atom. The van der Waals surface area contributed by atoms with Gasteiger partial charge < -0.3 is 13.9 Å². The van der Waals surface area contributed by atoms with Gasteiger partial charge in [-0.15, -0.1) is 0 Å². The number of nitrogens with zero attached hydrogens (tertiary/aromatic N) is 1. The maximum absolute atomic E-state index is 14.8. The first kappa shape index (κ1) is 27.4. The molecule has 1 N–H and O–H groups in total. The molecule has 190 valence electrons. The minimum absolute atomic E-state index is 0.103. The smallest absolute Gasteiger partial charge is 0.130 e. The molecular formula is C28H28F2NO4S-. The van der Waals surface area contributed by atoms with Gasteiger partial charge in [-0.2, -0.15) is 0 Å². The minimum Gasteiger partial charge on any atom is -0.750 e. The molecular weight excluding hydrogens is 484 g/mol. The van der Waals surface area contributed by atoms with Gasteiger partial charge in [0.15, 0.2) is 0 Å². The molecule has 0 heterocycles. The molecule has 4 aromatic carbocycles. The molecule has 0 aromatic heterocycles. The monoisotopic (exact) mass is 512 g/mol. The van der Waals surface area contributed by atoms with Crippen LogP contribution in [0.4, 0.5) is 8.78 Å². The van der Waals surface area contributed by atoms with Crippen LogP contribution >= 0.6 is 0 Å². The topological polar surface area (TPSA) is 82.0 Å². The Morgan fingerprint density at radius 3 is 1.67 bits per heavy atom. The second-order valence-electron chi connectivity index (χ2n) is 8.25. The molecule has 36 heavy (non-hydrogen) atoms. The molecule has 0 aliphatic carbocycles. The summed E-state index contributed by atoms with van der Waals surface area (Å²) in [7, 11) is 0. The molecule has 4 rings (SSSR count). The van der Waals surface area contributed by atoms with Crippen LogP contribution in [0.2, 0.25) is 0 Å². The summed E-state index contributed by atoms with van der Waals surface area (Å²) in [5, 5.41) is 16.4. The maximum atomic E-state index is 14.8. The van der Waals surface area contributed by atoms with Gasteiger partial charge in [0.25, 0.3) is 0 Å². The summed E-state index contributed by atoms with van der Waals surface area (Å²) < 4.78 is 52.9. The molecule has 3 atom stereocenters. The number of oxime groups is 1. The lowest BCUT2D eigenvalue weighted by Gasteiger charge is -2.14. The van der Waals surface area contributed by atoms with Crippen LogP contribution in [0.25, 0.3) is 21.5 Å². The van der Waals surface area contributed by atoms with Gasteiger partial charge in [0.1, 0.15) is 12.3 Å². The molecule has 0 spiro atoms. The maximum Gasteiger partial charge on any atom is 0.130 e. The van der Waals surface area contributed by atoms with Crippen LogP contribution in [0, 0.1) is 0 Å². The largest absolute Gasteiger partial charge is 0.750 e. The minimum atomic E-state index is -2.32. The number of fused-ring (bicyclic) bond motifs is 2. The van der Waals surface area contributed by atoms with Gasteiger partial charge in [-0.1, -0.05) is 84.9 Å². The number of benzene rings is 4. The van der Waals surface area contributed by atoms with Crippen molar-refractivity contribution in [2.24, 2.45) is 5.16 Å². The summed E-state index contributed by atoms with van der Waals surface area (Å²) in [5.41, 5.74) is 1.09. The van der Waals surface area contributed by atoms with Crippen molar-refractivity contribution in [3.8, 4) is 0 Å². The molecule has 0 bridgehead atoms. The standard InChI is InChI=1S/C25H21F2NO.C3H8O3S/c26-24(21-11-9-17-5-1-3-7-19(17)13-21)15-23(28-29)16-25(27)22-12-10-18-6-2-4-8-20(18)14-22;1-2-3-6-7(4)5/h1-14,24-25,29H,15-16H2;2-3H2,1H3,(H,4,5)/p-1. The summed E-state index contributed by atoms with van der Waals surface area (Å²) in [4.78, 5) is 0. The average Bonchev–Trinajstić information content (AvgIpc) is 2.91. The van der Waals surface area contributed by atoms with Crippen molar-refractivity contribution in [2.45, 2.75) is 38.5 Å². The zero-order valence-corrected chi connectivity index (χ0v) is 20.7. The lowest BCUT2D eigenvalue weighted by atomic mass is 9.97. The predicted molar refractivity (Wildman–Crippen MR) is 139 cm³/mol. The molecule has 0 amide bonds. The zero-order valence-electron chi connectivity index (χ0n) is 19.8. The van der Waals surface area contributed by atoms with E-state index in [2.05, 4.69) is 9.34 Å². The molecule has 4 aromatic rings. The average molecular weight is 513 g/mol. The van der Waals surface area contributed by atoms with Crippen molar-refractivity contribution in [1.82, 2.24) is 0 Å². The van der Waals surface area contributed by atoms with Crippen molar-refractivity contribution >= 4 is 38.6 Å². The van der Waals surface area contributed by atoms with E-state index in [9.17, 15) is 22.7 Å². The van der Waals surface area contributed by atoms with Crippen LogP contribution < -0.4 is 0 Å². The van der Waals surface area contributed by atoms with Crippen LogP contribution in [0.1, 0.15) is 49.7 Å². The summed E-state index contributed by atoms with van der Waals surface area (Å²) in [6.45, 7) is 2.13. The van der Waals surface area contributed by atoms with Gasteiger partial charge >= 0.3 is 0 Å². The quantitative estimate of drug-likeness (QED) is 0.109. The molecule has 0 fully saturated rings. The van der Waals surface area contributed by atoms with E-state index in [0.717, 1.165) is 28.0 Å². The highest BCUT2D eigenvalue weighted by atomic mass is 32.2. The Bertz CT molecular complexity index is 1240. The van der Waals surface area contributed by atoms with E-state index in [1.54, 1.807) is 24.3 Å². The van der Waals surface area contributed by atoms with E-state index < -0.39 is 23.7 Å². The molecule has 5 nitrogen and oxygen atoms in total. The van der Waals surface area contributed by atoms with Crippen molar-refractivity contribution in [2.75, 3.05) is 6.61 Å². The summed E-state index contributed by atoms with van der Waals surface area (Å²) in [5.74, 6) is 0. The first-order valence-corrected chi connectivity index (χ1v) is 12.6. The Balaban J connectivity index is 0.000000454. The molecule has 3 unspecified atom stereocenters. The number of hydrogen-bond donors (Lipinski definition) is 1. The highest BCUT2D eigenvalue weighted by molar-refractivity contribution is 7.74. The molecule has 0 radical (unpaired) electrons. The van der Waals surface area contributed by atoms with Gasteiger partial charge in [-0.05, 0) is 51.2 Å². The number of rotatable bonds is 9. The molecule has 0 aliphatic rings. The van der Waals surface area contributed by atoms with Crippen molar-refractivity contribution in [3.63, 3.8) is 0 Å². The lowest BCUT2D eigenvalue weighted by Crippen LogP contribution is -2.08. The number of alkyl halides is 2. The summed E-state index contributed by atoms with van der Waals surface area (Å²) in [6.07, 6.45) is -2.30. The van der Waals surface area contributed by atoms with Gasteiger partial charge in [0, 0.05) is 12.8 Å². The van der Waals surface area contributed by atoms with Crippen LogP contribution in [-0.4, -0.2) is 26.3 Å². The van der Waals surface area contributed by atoms with E-state index >= 15 is 0 Å². The fraction of sp³-hybridized carbons (Fsp3) is 0.250. The second-order valence-corrected chi connectivity index (χ2v) is 8.89. The highest BCUT2D eigenvalue weighted by Gasteiger charge is 2.19. The van der Waals surface area contributed by atoms with Crippen LogP contribution in [0.15, 0.2) is 90.1 Å². The third-order valence-corrected chi connectivity index (χ3v) is 5.98. The van der Waals surface area contributed by atoms with Crippen molar-refractivity contribution in [3.05, 3.63) is 96.1 Å². The molecule has 0 aliphatic heterocycles. The van der Waals surface area contributed by atoms with Gasteiger partial charge in [0.2, 0.25) is 0 Å². The molecule has 0 saturated carbocycles. The first-order valence-electron chi connectivity index (χ1n) is 11.6.